The number of nitrogens with zero attached hydrogens (tertiary/aromatic N) is 1. The minimum absolute atomic E-state index is 0.153. The number of rotatable bonds is 5. The summed E-state index contributed by atoms with van der Waals surface area (Å²) in [6.45, 7) is 1.91. The molecule has 3 rings (SSSR count). The van der Waals surface area contributed by atoms with Gasteiger partial charge >= 0.3 is 0 Å². The van der Waals surface area contributed by atoms with E-state index in [1.54, 1.807) is 30.3 Å². The first kappa shape index (κ1) is 19.3. The highest BCUT2D eigenvalue weighted by molar-refractivity contribution is 14.1. The van der Waals surface area contributed by atoms with E-state index in [9.17, 15) is 13.2 Å². The molecule has 1 saturated heterocycles. The number of nitrogens with one attached hydrogen (secondary N) is 1. The number of morpholine rings is 1. The lowest BCUT2D eigenvalue weighted by Crippen LogP contribution is -2.40. The van der Waals surface area contributed by atoms with Crippen molar-refractivity contribution in [2.45, 2.75) is 11.4 Å². The van der Waals surface area contributed by atoms with Crippen molar-refractivity contribution in [2.24, 2.45) is 0 Å². The van der Waals surface area contributed by atoms with Gasteiger partial charge in [0.05, 0.1) is 23.7 Å². The van der Waals surface area contributed by atoms with E-state index in [0.29, 0.717) is 38.4 Å². The third kappa shape index (κ3) is 4.43. The maximum atomic E-state index is 12.6. The summed E-state index contributed by atoms with van der Waals surface area (Å²) >= 11 is 2.12. The van der Waals surface area contributed by atoms with E-state index in [2.05, 4.69) is 27.9 Å². The number of sulfonamides is 1. The second-order valence-electron chi connectivity index (χ2n) is 5.82. The molecule has 0 spiro atoms. The van der Waals surface area contributed by atoms with E-state index >= 15 is 0 Å². The Hall–Kier alpha value is -1.49. The molecular weight excluding hydrogens is 467 g/mol. The van der Waals surface area contributed by atoms with Gasteiger partial charge in [-0.1, -0.05) is 24.3 Å². The number of ether oxygens (including phenoxy) is 1. The number of hydrogen-bond acceptors (Lipinski definition) is 4. The van der Waals surface area contributed by atoms with Gasteiger partial charge in [0, 0.05) is 23.2 Å². The van der Waals surface area contributed by atoms with E-state index in [1.807, 2.05) is 18.2 Å². The predicted octanol–water partition coefficient (Wildman–Crippen LogP) is 2.24. The van der Waals surface area contributed by atoms with Crippen LogP contribution in [0.15, 0.2) is 53.4 Å². The molecule has 6 nitrogen and oxygen atoms in total. The highest BCUT2D eigenvalue weighted by Crippen LogP contribution is 2.18. The molecule has 1 amide bonds. The summed E-state index contributed by atoms with van der Waals surface area (Å²) in [5.41, 5.74) is 1.46. The molecule has 2 aromatic carbocycles. The summed E-state index contributed by atoms with van der Waals surface area (Å²) in [6, 6.07) is 14.0. The molecule has 0 unspecified atom stereocenters. The fraction of sp³-hybridized carbons (Fsp3) is 0.278. The smallest absolute Gasteiger partial charge is 0.252 e. The molecule has 0 saturated carbocycles. The summed E-state index contributed by atoms with van der Waals surface area (Å²) < 4.78 is 32.7. The Kier molecular flexibility index (Phi) is 6.28. The molecule has 138 valence electrons. The van der Waals surface area contributed by atoms with Crippen LogP contribution in [0.1, 0.15) is 15.9 Å². The fourth-order valence-corrected chi connectivity index (χ4v) is 4.68. The SMILES string of the molecule is O=C(NCc1ccc(S(=O)(=O)N2CCOCC2)cc1)c1ccccc1I. The molecular formula is C18H19IN2O4S. The van der Waals surface area contributed by atoms with E-state index < -0.39 is 10.0 Å². The van der Waals surface area contributed by atoms with Crippen LogP contribution in [-0.2, 0) is 21.3 Å². The number of halogens is 1. The number of hydrogen-bond donors (Lipinski definition) is 1. The Balaban J connectivity index is 1.64. The zero-order valence-corrected chi connectivity index (χ0v) is 17.0. The van der Waals surface area contributed by atoms with Crippen molar-refractivity contribution in [3.05, 3.63) is 63.2 Å². The lowest BCUT2D eigenvalue weighted by atomic mass is 10.2. The second-order valence-corrected chi connectivity index (χ2v) is 8.92. The van der Waals surface area contributed by atoms with E-state index in [-0.39, 0.29) is 10.8 Å². The average molecular weight is 486 g/mol. The maximum absolute atomic E-state index is 12.6. The van der Waals surface area contributed by atoms with Gasteiger partial charge in [-0.2, -0.15) is 4.31 Å². The summed E-state index contributed by atoms with van der Waals surface area (Å²) in [6.07, 6.45) is 0. The largest absolute Gasteiger partial charge is 0.379 e. The summed E-state index contributed by atoms with van der Waals surface area (Å²) in [4.78, 5) is 12.5. The summed E-state index contributed by atoms with van der Waals surface area (Å²) in [7, 11) is -3.49. The zero-order chi connectivity index (χ0) is 18.6. The van der Waals surface area contributed by atoms with Crippen molar-refractivity contribution < 1.29 is 17.9 Å². The van der Waals surface area contributed by atoms with Gasteiger partial charge in [-0.15, -0.1) is 0 Å². The monoisotopic (exact) mass is 486 g/mol. The molecule has 1 aliphatic rings. The van der Waals surface area contributed by atoms with E-state index in [4.69, 9.17) is 4.74 Å². The van der Waals surface area contributed by atoms with Crippen LogP contribution in [0.3, 0.4) is 0 Å². The van der Waals surface area contributed by atoms with Crippen LogP contribution < -0.4 is 5.32 Å². The molecule has 0 atom stereocenters. The molecule has 0 aliphatic carbocycles. The van der Waals surface area contributed by atoms with Crippen LogP contribution in [-0.4, -0.2) is 44.9 Å². The Morgan fingerprint density at radius 1 is 1.08 bits per heavy atom. The van der Waals surface area contributed by atoms with E-state index in [0.717, 1.165) is 9.13 Å². The average Bonchev–Trinajstić information content (AvgIpc) is 2.67. The highest BCUT2D eigenvalue weighted by atomic mass is 127. The second kappa shape index (κ2) is 8.47. The van der Waals surface area contributed by atoms with Crippen LogP contribution in [0.5, 0.6) is 0 Å². The van der Waals surface area contributed by atoms with Crippen molar-refractivity contribution in [3.8, 4) is 0 Å². The van der Waals surface area contributed by atoms with E-state index in [1.165, 1.54) is 4.31 Å². The number of amides is 1. The lowest BCUT2D eigenvalue weighted by Gasteiger charge is -2.26. The highest BCUT2D eigenvalue weighted by Gasteiger charge is 2.26. The third-order valence-corrected chi connectivity index (χ3v) is 6.96. The molecule has 0 radical (unpaired) electrons. The van der Waals surface area contributed by atoms with Gasteiger partial charge < -0.3 is 10.1 Å². The van der Waals surface area contributed by atoms with Crippen LogP contribution in [0.2, 0.25) is 0 Å². The fourth-order valence-electron chi connectivity index (χ4n) is 2.64. The molecule has 2 aromatic rings. The van der Waals surface area contributed by atoms with Crippen LogP contribution in [0.4, 0.5) is 0 Å². The maximum Gasteiger partial charge on any atom is 0.252 e. The first-order valence-corrected chi connectivity index (χ1v) is 10.7. The van der Waals surface area contributed by atoms with Crippen LogP contribution >= 0.6 is 22.6 Å². The van der Waals surface area contributed by atoms with Gasteiger partial charge in [0.2, 0.25) is 10.0 Å². The third-order valence-electron chi connectivity index (χ3n) is 4.10. The van der Waals surface area contributed by atoms with Gasteiger partial charge in [0.15, 0.2) is 0 Å². The summed E-state index contributed by atoms with van der Waals surface area (Å²) in [5, 5.41) is 2.86. The first-order chi connectivity index (χ1) is 12.5. The van der Waals surface area contributed by atoms with Crippen molar-refractivity contribution in [1.29, 1.82) is 0 Å². The Morgan fingerprint density at radius 2 is 1.73 bits per heavy atom. The molecule has 0 aromatic heterocycles. The molecule has 1 N–H and O–H groups in total. The lowest BCUT2D eigenvalue weighted by molar-refractivity contribution is 0.0730. The summed E-state index contributed by atoms with van der Waals surface area (Å²) in [5.74, 6) is -0.153. The van der Waals surface area contributed by atoms with Gasteiger partial charge in [0.25, 0.3) is 5.91 Å². The van der Waals surface area contributed by atoms with Crippen molar-refractivity contribution in [3.63, 3.8) is 0 Å². The quantitative estimate of drug-likeness (QED) is 0.659. The molecule has 26 heavy (non-hydrogen) atoms. The minimum atomic E-state index is -3.49. The van der Waals surface area contributed by atoms with Crippen molar-refractivity contribution in [1.82, 2.24) is 9.62 Å². The van der Waals surface area contributed by atoms with Gasteiger partial charge in [-0.05, 0) is 52.4 Å². The minimum Gasteiger partial charge on any atom is -0.379 e. The van der Waals surface area contributed by atoms with Crippen LogP contribution in [0.25, 0.3) is 0 Å². The number of carbonyl (C=O) groups excluding carboxylic acids is 1. The standard InChI is InChI=1S/C18H19IN2O4S/c19-17-4-2-1-3-16(17)18(22)20-13-14-5-7-15(8-6-14)26(23,24)21-9-11-25-12-10-21/h1-8H,9-13H2,(H,20,22). The van der Waals surface area contributed by atoms with Crippen molar-refractivity contribution >= 4 is 38.5 Å². The zero-order valence-electron chi connectivity index (χ0n) is 14.0. The molecule has 0 bridgehead atoms. The molecule has 8 heteroatoms. The number of benzene rings is 2. The molecule has 1 fully saturated rings. The van der Waals surface area contributed by atoms with Gasteiger partial charge in [-0.25, -0.2) is 8.42 Å². The Morgan fingerprint density at radius 3 is 2.38 bits per heavy atom. The Bertz CT molecular complexity index is 878. The molecule has 1 heterocycles. The van der Waals surface area contributed by atoms with Crippen molar-refractivity contribution in [2.75, 3.05) is 26.3 Å². The normalized spacial score (nSPS) is 15.6. The topological polar surface area (TPSA) is 75.7 Å². The van der Waals surface area contributed by atoms with Crippen LogP contribution in [0, 0.1) is 3.57 Å². The first-order valence-electron chi connectivity index (χ1n) is 8.18. The Labute approximate surface area is 166 Å². The van der Waals surface area contributed by atoms with Gasteiger partial charge in [-0.3, -0.25) is 4.79 Å². The number of carbonyl (C=O) groups is 1. The van der Waals surface area contributed by atoms with Gasteiger partial charge in [0.1, 0.15) is 0 Å². The molecule has 1 aliphatic heterocycles. The predicted molar refractivity (Wildman–Crippen MR) is 106 cm³/mol.